The van der Waals surface area contributed by atoms with Gasteiger partial charge in [0.05, 0.1) is 35.6 Å². The number of hydrogen-bond acceptors (Lipinski definition) is 7. The van der Waals surface area contributed by atoms with E-state index in [4.69, 9.17) is 8.94 Å². The Labute approximate surface area is 159 Å². The monoisotopic (exact) mass is 377 g/mol. The number of benzene rings is 1. The van der Waals surface area contributed by atoms with Crippen molar-refractivity contribution in [2.75, 3.05) is 12.4 Å². The van der Waals surface area contributed by atoms with E-state index in [2.05, 4.69) is 20.2 Å². The van der Waals surface area contributed by atoms with Gasteiger partial charge in [-0.3, -0.25) is 4.79 Å². The first kappa shape index (κ1) is 17.5. The molecule has 8 heteroatoms. The highest BCUT2D eigenvalue weighted by Crippen LogP contribution is 2.28. The lowest BCUT2D eigenvalue weighted by Gasteiger charge is -2.08. The Hall–Kier alpha value is -3.94. The molecule has 0 aliphatic heterocycles. The highest BCUT2D eigenvalue weighted by Gasteiger charge is 2.20. The summed E-state index contributed by atoms with van der Waals surface area (Å²) < 4.78 is 15.3. The van der Waals surface area contributed by atoms with Crippen molar-refractivity contribution >= 4 is 28.7 Å². The number of aromatic nitrogens is 2. The van der Waals surface area contributed by atoms with Gasteiger partial charge in [-0.05, 0) is 49.4 Å². The van der Waals surface area contributed by atoms with Gasteiger partial charge in [-0.15, -0.1) is 0 Å². The number of fused-ring (bicyclic) bond motifs is 1. The lowest BCUT2D eigenvalue weighted by atomic mass is 10.1. The SMILES string of the molecule is COC(=O)c1ccc(NC(=O)c2cc(-c3ccco3)nc3onc(C)c23)cc1. The molecule has 8 nitrogen and oxygen atoms in total. The van der Waals surface area contributed by atoms with Crippen LogP contribution in [0.2, 0.25) is 0 Å². The van der Waals surface area contributed by atoms with Gasteiger partial charge in [0.1, 0.15) is 5.69 Å². The van der Waals surface area contributed by atoms with Crippen molar-refractivity contribution < 1.29 is 23.3 Å². The molecular formula is C20H15N3O5. The van der Waals surface area contributed by atoms with Crippen LogP contribution in [-0.4, -0.2) is 29.1 Å². The van der Waals surface area contributed by atoms with E-state index in [0.717, 1.165) is 0 Å². The number of nitrogens with zero attached hydrogens (tertiary/aromatic N) is 2. The minimum atomic E-state index is -0.447. The van der Waals surface area contributed by atoms with Crippen LogP contribution in [-0.2, 0) is 4.74 Å². The highest BCUT2D eigenvalue weighted by molar-refractivity contribution is 6.13. The summed E-state index contributed by atoms with van der Waals surface area (Å²) in [5.41, 5.74) is 2.53. The van der Waals surface area contributed by atoms with Crippen molar-refractivity contribution in [1.82, 2.24) is 10.1 Å². The minimum Gasteiger partial charge on any atom is -0.465 e. The molecule has 3 heterocycles. The van der Waals surface area contributed by atoms with E-state index in [1.165, 1.54) is 13.4 Å². The first-order chi connectivity index (χ1) is 13.6. The lowest BCUT2D eigenvalue weighted by molar-refractivity contribution is 0.0600. The normalized spacial score (nSPS) is 10.8. The number of rotatable bonds is 4. The second-order valence-electron chi connectivity index (χ2n) is 6.00. The molecule has 4 aromatic rings. The summed E-state index contributed by atoms with van der Waals surface area (Å²) in [5.74, 6) is -0.304. The summed E-state index contributed by atoms with van der Waals surface area (Å²) in [6.45, 7) is 1.74. The number of anilines is 1. The average Bonchev–Trinajstić information content (AvgIpc) is 3.37. The molecule has 28 heavy (non-hydrogen) atoms. The van der Waals surface area contributed by atoms with E-state index in [1.54, 1.807) is 49.4 Å². The van der Waals surface area contributed by atoms with Gasteiger partial charge in [0.25, 0.3) is 11.6 Å². The first-order valence-electron chi connectivity index (χ1n) is 8.37. The van der Waals surface area contributed by atoms with E-state index in [1.807, 2.05) is 0 Å². The zero-order valence-corrected chi connectivity index (χ0v) is 15.1. The number of carbonyl (C=O) groups is 2. The van der Waals surface area contributed by atoms with E-state index in [0.29, 0.717) is 39.3 Å². The zero-order chi connectivity index (χ0) is 19.7. The number of pyridine rings is 1. The van der Waals surface area contributed by atoms with E-state index < -0.39 is 5.97 Å². The molecule has 4 rings (SSSR count). The number of furan rings is 1. The third kappa shape index (κ3) is 3.11. The maximum absolute atomic E-state index is 12.9. The molecule has 1 aromatic carbocycles. The standard InChI is InChI=1S/C20H15N3O5/c1-11-17-14(10-15(16-4-3-9-27-16)22-19(17)28-23-11)18(24)21-13-7-5-12(6-8-13)20(25)26-2/h3-10H,1-2H3,(H,21,24). The molecule has 3 aromatic heterocycles. The molecule has 0 fully saturated rings. The Morgan fingerprint density at radius 1 is 1.14 bits per heavy atom. The molecule has 140 valence electrons. The fraction of sp³-hybridized carbons (Fsp3) is 0.100. The first-order valence-corrected chi connectivity index (χ1v) is 8.37. The minimum absolute atomic E-state index is 0.248. The number of aryl methyl sites for hydroxylation is 1. The number of esters is 1. The maximum Gasteiger partial charge on any atom is 0.337 e. The molecule has 0 radical (unpaired) electrons. The van der Waals surface area contributed by atoms with Crippen LogP contribution in [0.5, 0.6) is 0 Å². The van der Waals surface area contributed by atoms with Crippen molar-refractivity contribution in [3.05, 3.63) is 65.5 Å². The van der Waals surface area contributed by atoms with Crippen molar-refractivity contribution in [1.29, 1.82) is 0 Å². The molecule has 0 aliphatic carbocycles. The highest BCUT2D eigenvalue weighted by atomic mass is 16.5. The summed E-state index contributed by atoms with van der Waals surface area (Å²) in [7, 11) is 1.31. The van der Waals surface area contributed by atoms with Gasteiger partial charge in [0.2, 0.25) is 0 Å². The van der Waals surface area contributed by atoms with Gasteiger partial charge in [-0.1, -0.05) is 5.16 Å². The van der Waals surface area contributed by atoms with Crippen LogP contribution < -0.4 is 5.32 Å². The number of methoxy groups -OCH3 is 1. The number of carbonyl (C=O) groups excluding carboxylic acids is 2. The third-order valence-corrected chi connectivity index (χ3v) is 4.20. The zero-order valence-electron chi connectivity index (χ0n) is 15.1. The van der Waals surface area contributed by atoms with Crippen molar-refractivity contribution in [2.24, 2.45) is 0 Å². The van der Waals surface area contributed by atoms with Crippen LogP contribution in [0.15, 0.2) is 57.7 Å². The van der Waals surface area contributed by atoms with E-state index in [-0.39, 0.29) is 11.6 Å². The average molecular weight is 377 g/mol. The van der Waals surface area contributed by atoms with Gasteiger partial charge < -0.3 is 19.0 Å². The van der Waals surface area contributed by atoms with Crippen molar-refractivity contribution in [2.45, 2.75) is 6.92 Å². The number of ether oxygens (including phenoxy) is 1. The van der Waals surface area contributed by atoms with Crippen molar-refractivity contribution in [3.8, 4) is 11.5 Å². The van der Waals surface area contributed by atoms with E-state index in [9.17, 15) is 9.59 Å². The molecule has 1 N–H and O–H groups in total. The Morgan fingerprint density at radius 2 is 1.93 bits per heavy atom. The molecule has 0 saturated heterocycles. The summed E-state index contributed by atoms with van der Waals surface area (Å²) in [5, 5.41) is 7.24. The molecule has 1 amide bonds. The molecule has 0 aliphatic rings. The number of amides is 1. The van der Waals surface area contributed by atoms with Crippen LogP contribution in [0.1, 0.15) is 26.4 Å². The molecule has 0 bridgehead atoms. The van der Waals surface area contributed by atoms with Gasteiger partial charge in [-0.2, -0.15) is 0 Å². The molecule has 0 saturated carbocycles. The van der Waals surface area contributed by atoms with Gasteiger partial charge in [-0.25, -0.2) is 9.78 Å². The Kier molecular flexibility index (Phi) is 4.36. The van der Waals surface area contributed by atoms with Crippen molar-refractivity contribution in [3.63, 3.8) is 0 Å². The third-order valence-electron chi connectivity index (χ3n) is 4.20. The predicted molar refractivity (Wildman–Crippen MR) is 100.0 cm³/mol. The molecule has 0 spiro atoms. The maximum atomic E-state index is 12.9. The van der Waals surface area contributed by atoms with Crippen LogP contribution in [0.25, 0.3) is 22.6 Å². The number of hydrogen-bond donors (Lipinski definition) is 1. The Morgan fingerprint density at radius 3 is 2.61 bits per heavy atom. The van der Waals surface area contributed by atoms with Gasteiger partial charge in [0, 0.05) is 5.69 Å². The van der Waals surface area contributed by atoms with Crippen LogP contribution in [0.3, 0.4) is 0 Å². The van der Waals surface area contributed by atoms with Gasteiger partial charge in [0.15, 0.2) is 5.76 Å². The molecular weight excluding hydrogens is 362 g/mol. The second kappa shape index (κ2) is 6.99. The lowest BCUT2D eigenvalue weighted by Crippen LogP contribution is -2.13. The largest absolute Gasteiger partial charge is 0.465 e. The van der Waals surface area contributed by atoms with Crippen LogP contribution in [0, 0.1) is 6.92 Å². The van der Waals surface area contributed by atoms with Gasteiger partial charge >= 0.3 is 5.97 Å². The fourth-order valence-electron chi connectivity index (χ4n) is 2.83. The summed E-state index contributed by atoms with van der Waals surface area (Å²) in [4.78, 5) is 28.8. The predicted octanol–water partition coefficient (Wildman–Crippen LogP) is 3.83. The van der Waals surface area contributed by atoms with Crippen LogP contribution in [0.4, 0.5) is 5.69 Å². The van der Waals surface area contributed by atoms with Crippen LogP contribution >= 0.6 is 0 Å². The quantitative estimate of drug-likeness (QED) is 0.539. The fourth-order valence-corrected chi connectivity index (χ4v) is 2.83. The smallest absolute Gasteiger partial charge is 0.337 e. The summed E-state index contributed by atoms with van der Waals surface area (Å²) >= 11 is 0. The molecule has 0 unspecified atom stereocenters. The summed E-state index contributed by atoms with van der Waals surface area (Å²) in [6.07, 6.45) is 1.52. The summed E-state index contributed by atoms with van der Waals surface area (Å²) in [6, 6.07) is 11.5. The molecule has 0 atom stereocenters. The Balaban J connectivity index is 1.70. The topological polar surface area (TPSA) is 107 Å². The second-order valence-corrected chi connectivity index (χ2v) is 6.00. The van der Waals surface area contributed by atoms with E-state index >= 15 is 0 Å². The Bertz CT molecular complexity index is 1160. The number of nitrogens with one attached hydrogen (secondary N) is 1.